The Kier molecular flexibility index (Phi) is 5.11. The summed E-state index contributed by atoms with van der Waals surface area (Å²) in [5.41, 5.74) is -0.269. The van der Waals surface area contributed by atoms with Gasteiger partial charge in [0.05, 0.1) is 10.7 Å². The van der Waals surface area contributed by atoms with Crippen LogP contribution in [0.4, 0.5) is 13.2 Å². The van der Waals surface area contributed by atoms with Gasteiger partial charge in [-0.2, -0.15) is 13.2 Å². The second-order valence-electron chi connectivity index (χ2n) is 4.87. The van der Waals surface area contributed by atoms with Crippen molar-refractivity contribution < 1.29 is 17.7 Å². The largest absolute Gasteiger partial charge is 0.598 e. The Morgan fingerprint density at radius 3 is 2.26 bits per heavy atom. The number of hydrogen-bond acceptors (Lipinski definition) is 3. The molecule has 0 amide bonds. The van der Waals surface area contributed by atoms with Gasteiger partial charge in [-0.1, -0.05) is 11.6 Å². The molecule has 0 aromatic carbocycles. The first kappa shape index (κ1) is 16.6. The average Bonchev–Trinajstić information content (AvgIpc) is 2.24. The van der Waals surface area contributed by atoms with E-state index >= 15 is 0 Å². The molecule has 8 heteroatoms. The number of halogens is 4. The lowest BCUT2D eigenvalue weighted by Gasteiger charge is -2.28. The molecule has 0 spiro atoms. The highest BCUT2D eigenvalue weighted by Gasteiger charge is 2.46. The van der Waals surface area contributed by atoms with Crippen LogP contribution in [0.25, 0.3) is 0 Å². The summed E-state index contributed by atoms with van der Waals surface area (Å²) in [6.07, 6.45) is -3.47. The minimum absolute atomic E-state index is 0.238. The maximum Gasteiger partial charge on any atom is 0.413 e. The van der Waals surface area contributed by atoms with Gasteiger partial charge < -0.3 is 4.55 Å². The maximum absolute atomic E-state index is 13.0. The first-order valence-electron chi connectivity index (χ1n) is 5.38. The van der Waals surface area contributed by atoms with E-state index in [1.807, 2.05) is 0 Å². The van der Waals surface area contributed by atoms with E-state index < -0.39 is 28.3 Å². The van der Waals surface area contributed by atoms with E-state index in [1.54, 1.807) is 20.8 Å². The van der Waals surface area contributed by atoms with E-state index in [1.165, 1.54) is 6.07 Å². The molecule has 0 saturated heterocycles. The molecule has 1 N–H and O–H groups in total. The van der Waals surface area contributed by atoms with Crippen LogP contribution in [-0.2, 0) is 11.4 Å². The molecule has 0 aliphatic carbocycles. The first-order chi connectivity index (χ1) is 8.51. The third-order valence-electron chi connectivity index (χ3n) is 2.15. The molecule has 0 fully saturated rings. The van der Waals surface area contributed by atoms with E-state index in [4.69, 9.17) is 11.6 Å². The molecular formula is C11H14ClF3N2OS. The van der Waals surface area contributed by atoms with Crippen LogP contribution in [0.1, 0.15) is 32.5 Å². The number of pyridine rings is 1. The summed E-state index contributed by atoms with van der Waals surface area (Å²) in [6, 6.07) is 0.377. The van der Waals surface area contributed by atoms with E-state index in [0.29, 0.717) is 0 Å². The molecule has 0 radical (unpaired) electrons. The Morgan fingerprint density at radius 2 is 1.89 bits per heavy atom. The Bertz CT molecular complexity index is 419. The molecule has 1 aromatic rings. The fourth-order valence-corrected chi connectivity index (χ4v) is 2.07. The zero-order valence-corrected chi connectivity index (χ0v) is 12.2. The van der Waals surface area contributed by atoms with Crippen molar-refractivity contribution in [2.45, 2.75) is 37.7 Å². The van der Waals surface area contributed by atoms with Crippen LogP contribution in [0.2, 0.25) is 5.02 Å². The maximum atomic E-state index is 13.0. The predicted octanol–water partition coefficient (Wildman–Crippen LogP) is 3.39. The lowest BCUT2D eigenvalue weighted by molar-refractivity contribution is -0.153. The van der Waals surface area contributed by atoms with Crippen LogP contribution in [-0.4, -0.2) is 20.5 Å². The summed E-state index contributed by atoms with van der Waals surface area (Å²) in [5.74, 6) is 0. The number of nitrogens with zero attached hydrogens (tertiary/aromatic N) is 1. The van der Waals surface area contributed by atoms with Crippen molar-refractivity contribution in [2.24, 2.45) is 0 Å². The summed E-state index contributed by atoms with van der Waals surface area (Å²) in [7, 11) is 0. The smallest absolute Gasteiger partial charge is 0.413 e. The lowest BCUT2D eigenvalue weighted by Crippen LogP contribution is -2.45. The average molecular weight is 315 g/mol. The van der Waals surface area contributed by atoms with Crippen molar-refractivity contribution in [1.29, 1.82) is 0 Å². The van der Waals surface area contributed by atoms with E-state index in [2.05, 4.69) is 9.71 Å². The predicted molar refractivity (Wildman–Crippen MR) is 69.1 cm³/mol. The molecule has 0 aliphatic rings. The molecule has 3 nitrogen and oxygen atoms in total. The Labute approximate surface area is 117 Å². The molecule has 19 heavy (non-hydrogen) atoms. The zero-order chi connectivity index (χ0) is 14.8. The van der Waals surface area contributed by atoms with Gasteiger partial charge in [0.1, 0.15) is 4.75 Å². The van der Waals surface area contributed by atoms with Crippen molar-refractivity contribution in [3.63, 3.8) is 0 Å². The number of rotatable bonds is 3. The van der Waals surface area contributed by atoms with Crippen molar-refractivity contribution >= 4 is 23.0 Å². The van der Waals surface area contributed by atoms with Gasteiger partial charge in [-0.05, 0) is 32.9 Å². The SMILES string of the molecule is CC(C)(C)[S@+]([O-])NC(c1ccc(Cl)cn1)C(F)(F)F. The highest BCUT2D eigenvalue weighted by atomic mass is 35.5. The summed E-state index contributed by atoms with van der Waals surface area (Å²) in [6.45, 7) is 4.75. The minimum Gasteiger partial charge on any atom is -0.598 e. The fourth-order valence-electron chi connectivity index (χ4n) is 1.14. The number of alkyl halides is 3. The second kappa shape index (κ2) is 5.87. The Morgan fingerprint density at radius 1 is 1.32 bits per heavy atom. The van der Waals surface area contributed by atoms with Gasteiger partial charge in [0.25, 0.3) is 0 Å². The number of hydrogen-bond donors (Lipinski definition) is 1. The van der Waals surface area contributed by atoms with E-state index in [0.717, 1.165) is 12.3 Å². The summed E-state index contributed by atoms with van der Waals surface area (Å²) in [4.78, 5) is 3.63. The van der Waals surface area contributed by atoms with Gasteiger partial charge in [-0.25, -0.2) is 0 Å². The third kappa shape index (κ3) is 4.83. The molecule has 108 valence electrons. The molecule has 1 heterocycles. The molecule has 2 atom stereocenters. The van der Waals surface area contributed by atoms with E-state index in [-0.39, 0.29) is 10.7 Å². The van der Waals surface area contributed by atoms with Crippen LogP contribution in [0.5, 0.6) is 0 Å². The van der Waals surface area contributed by atoms with Crippen LogP contribution < -0.4 is 4.72 Å². The molecule has 1 rings (SSSR count). The Hall–Kier alpha value is -0.500. The van der Waals surface area contributed by atoms with Crippen LogP contribution >= 0.6 is 11.6 Å². The highest BCUT2D eigenvalue weighted by Crippen LogP contribution is 2.33. The van der Waals surface area contributed by atoms with Crippen molar-refractivity contribution in [1.82, 2.24) is 9.71 Å². The summed E-state index contributed by atoms with van der Waals surface area (Å²) < 4.78 is 52.0. The van der Waals surface area contributed by atoms with Crippen molar-refractivity contribution in [3.05, 3.63) is 29.0 Å². The standard InChI is InChI=1S/C11H14ClF3N2OS/c1-10(2,3)19(18)17-9(11(13,14)15)8-5-4-7(12)6-16-8/h4-6,9,17H,1-3H3/t9?,19-/m0/s1. The summed E-state index contributed by atoms with van der Waals surface area (Å²) >= 11 is 3.72. The number of nitrogens with one attached hydrogen (secondary N) is 1. The second-order valence-corrected chi connectivity index (χ2v) is 7.31. The molecule has 0 aliphatic heterocycles. The fraction of sp³-hybridized carbons (Fsp3) is 0.545. The van der Waals surface area contributed by atoms with Gasteiger partial charge in [0.15, 0.2) is 6.04 Å². The quantitative estimate of drug-likeness (QED) is 0.870. The number of aromatic nitrogens is 1. The molecule has 1 unspecified atom stereocenters. The molecule has 0 saturated carbocycles. The topological polar surface area (TPSA) is 48.0 Å². The van der Waals surface area contributed by atoms with Crippen LogP contribution in [0.15, 0.2) is 18.3 Å². The van der Waals surface area contributed by atoms with Crippen LogP contribution in [0.3, 0.4) is 0 Å². The van der Waals surface area contributed by atoms with Crippen molar-refractivity contribution in [3.8, 4) is 0 Å². The first-order valence-corrected chi connectivity index (χ1v) is 6.91. The van der Waals surface area contributed by atoms with Crippen LogP contribution in [0, 0.1) is 0 Å². The van der Waals surface area contributed by atoms with E-state index in [9.17, 15) is 17.7 Å². The third-order valence-corrected chi connectivity index (χ3v) is 3.94. The Balaban J connectivity index is 3.00. The monoisotopic (exact) mass is 314 g/mol. The highest BCUT2D eigenvalue weighted by molar-refractivity contribution is 7.90. The van der Waals surface area contributed by atoms with Gasteiger partial charge in [0.2, 0.25) is 0 Å². The molecular weight excluding hydrogens is 301 g/mol. The van der Waals surface area contributed by atoms with Crippen molar-refractivity contribution in [2.75, 3.05) is 0 Å². The van der Waals surface area contributed by atoms with Gasteiger partial charge in [-0.15, -0.1) is 4.72 Å². The zero-order valence-electron chi connectivity index (χ0n) is 10.6. The lowest BCUT2D eigenvalue weighted by atomic mass is 10.2. The molecule has 1 aromatic heterocycles. The van der Waals surface area contributed by atoms with Gasteiger partial charge in [0, 0.05) is 17.6 Å². The normalized spacial score (nSPS) is 16.2. The van der Waals surface area contributed by atoms with Gasteiger partial charge in [-0.3, -0.25) is 4.98 Å². The minimum atomic E-state index is -4.60. The van der Waals surface area contributed by atoms with Gasteiger partial charge >= 0.3 is 6.18 Å². The summed E-state index contributed by atoms with van der Waals surface area (Å²) in [5, 5.41) is 0.238. The molecule has 0 bridgehead atoms.